The van der Waals surface area contributed by atoms with Crippen LogP contribution in [-0.2, 0) is 0 Å². The van der Waals surface area contributed by atoms with Crippen molar-refractivity contribution >= 4 is 0 Å². The van der Waals surface area contributed by atoms with Gasteiger partial charge >= 0.3 is 0 Å². The Labute approximate surface area is 62.2 Å². The molecule has 1 rings (SSSR count). The molecule has 1 aliphatic carbocycles. The molecular formula is C8H14N2. The summed E-state index contributed by atoms with van der Waals surface area (Å²) >= 11 is 0. The Balaban J connectivity index is 2.36. The third-order valence-corrected chi connectivity index (χ3v) is 2.15. The maximum absolute atomic E-state index is 8.67. The lowest BCUT2D eigenvalue weighted by Crippen LogP contribution is -2.31. The summed E-state index contributed by atoms with van der Waals surface area (Å²) in [5, 5.41) is 12.0. The summed E-state index contributed by atoms with van der Waals surface area (Å²) in [6, 6.07) is 2.82. The van der Waals surface area contributed by atoms with Gasteiger partial charge in [-0.25, -0.2) is 0 Å². The fourth-order valence-electron chi connectivity index (χ4n) is 1.62. The zero-order valence-electron chi connectivity index (χ0n) is 6.43. The van der Waals surface area contributed by atoms with Crippen LogP contribution in [-0.4, -0.2) is 12.6 Å². The summed E-state index contributed by atoms with van der Waals surface area (Å²) in [6.45, 7) is 3.08. The van der Waals surface area contributed by atoms with Crippen LogP contribution < -0.4 is 5.32 Å². The van der Waals surface area contributed by atoms with Gasteiger partial charge in [0.25, 0.3) is 0 Å². The standard InChI is InChI=1S/C8H14N2/c1-2-10-8-5-3-4-7(8)6-9/h7-8,10H,2-5H2,1H3/t7-,8-/m1/s1. The Bertz CT molecular complexity index is 137. The molecule has 0 amide bonds. The van der Waals surface area contributed by atoms with Crippen molar-refractivity contribution in [2.75, 3.05) is 6.54 Å². The molecule has 1 N–H and O–H groups in total. The molecule has 1 aliphatic rings. The molecule has 10 heavy (non-hydrogen) atoms. The monoisotopic (exact) mass is 138 g/mol. The second-order valence-corrected chi connectivity index (χ2v) is 2.83. The van der Waals surface area contributed by atoms with Crippen molar-refractivity contribution in [3.63, 3.8) is 0 Å². The lowest BCUT2D eigenvalue weighted by Gasteiger charge is -2.12. The van der Waals surface area contributed by atoms with Gasteiger partial charge in [0, 0.05) is 6.04 Å². The fraction of sp³-hybridized carbons (Fsp3) is 0.875. The van der Waals surface area contributed by atoms with Gasteiger partial charge < -0.3 is 5.32 Å². The minimum atomic E-state index is 0.278. The van der Waals surface area contributed by atoms with E-state index in [1.165, 1.54) is 12.8 Å². The predicted octanol–water partition coefficient (Wildman–Crippen LogP) is 1.29. The van der Waals surface area contributed by atoms with E-state index in [1.54, 1.807) is 0 Å². The Kier molecular flexibility index (Phi) is 2.70. The molecule has 0 spiro atoms. The number of rotatable bonds is 2. The van der Waals surface area contributed by atoms with Crippen molar-refractivity contribution in [3.05, 3.63) is 0 Å². The fourth-order valence-corrected chi connectivity index (χ4v) is 1.62. The van der Waals surface area contributed by atoms with Gasteiger partial charge in [-0.2, -0.15) is 5.26 Å². The Morgan fingerprint density at radius 2 is 2.40 bits per heavy atom. The van der Waals surface area contributed by atoms with Crippen LogP contribution in [0.15, 0.2) is 0 Å². The van der Waals surface area contributed by atoms with Gasteiger partial charge in [0.2, 0.25) is 0 Å². The van der Waals surface area contributed by atoms with Crippen molar-refractivity contribution in [2.24, 2.45) is 5.92 Å². The number of nitrogens with zero attached hydrogens (tertiary/aromatic N) is 1. The van der Waals surface area contributed by atoms with Crippen LogP contribution in [0.2, 0.25) is 0 Å². The molecular weight excluding hydrogens is 124 g/mol. The highest BCUT2D eigenvalue weighted by Crippen LogP contribution is 2.24. The molecule has 0 unspecified atom stereocenters. The second-order valence-electron chi connectivity index (χ2n) is 2.83. The van der Waals surface area contributed by atoms with Gasteiger partial charge in [-0.05, 0) is 19.4 Å². The third-order valence-electron chi connectivity index (χ3n) is 2.15. The molecule has 2 heteroatoms. The Hall–Kier alpha value is -0.550. The first kappa shape index (κ1) is 7.56. The largest absolute Gasteiger partial charge is 0.313 e. The highest BCUT2D eigenvalue weighted by atomic mass is 14.9. The topological polar surface area (TPSA) is 35.8 Å². The van der Waals surface area contributed by atoms with E-state index in [1.807, 2.05) is 0 Å². The minimum absolute atomic E-state index is 0.278. The molecule has 0 bridgehead atoms. The van der Waals surface area contributed by atoms with E-state index >= 15 is 0 Å². The number of hydrogen-bond acceptors (Lipinski definition) is 2. The summed E-state index contributed by atoms with van der Waals surface area (Å²) < 4.78 is 0. The van der Waals surface area contributed by atoms with Crippen LogP contribution in [0.1, 0.15) is 26.2 Å². The third kappa shape index (κ3) is 1.48. The van der Waals surface area contributed by atoms with Crippen molar-refractivity contribution in [1.29, 1.82) is 5.26 Å². The normalized spacial score (nSPS) is 32.0. The van der Waals surface area contributed by atoms with Gasteiger partial charge in [-0.15, -0.1) is 0 Å². The first-order valence-electron chi connectivity index (χ1n) is 4.01. The van der Waals surface area contributed by atoms with E-state index in [-0.39, 0.29) is 5.92 Å². The number of nitrogens with one attached hydrogen (secondary N) is 1. The van der Waals surface area contributed by atoms with Crippen LogP contribution in [0.4, 0.5) is 0 Å². The average molecular weight is 138 g/mol. The van der Waals surface area contributed by atoms with E-state index in [4.69, 9.17) is 5.26 Å². The van der Waals surface area contributed by atoms with Gasteiger partial charge in [0.15, 0.2) is 0 Å². The Morgan fingerprint density at radius 3 is 3.00 bits per heavy atom. The smallest absolute Gasteiger partial charge is 0.0672 e. The molecule has 2 nitrogen and oxygen atoms in total. The average Bonchev–Trinajstić information content (AvgIpc) is 2.36. The maximum Gasteiger partial charge on any atom is 0.0672 e. The van der Waals surface area contributed by atoms with Crippen LogP contribution in [0.25, 0.3) is 0 Å². The second kappa shape index (κ2) is 3.58. The summed E-state index contributed by atoms with van der Waals surface area (Å²) in [4.78, 5) is 0. The van der Waals surface area contributed by atoms with Gasteiger partial charge in [-0.3, -0.25) is 0 Å². The van der Waals surface area contributed by atoms with Crippen LogP contribution in [0.5, 0.6) is 0 Å². The quantitative estimate of drug-likeness (QED) is 0.624. The van der Waals surface area contributed by atoms with Gasteiger partial charge in [-0.1, -0.05) is 13.3 Å². The van der Waals surface area contributed by atoms with Crippen LogP contribution in [0, 0.1) is 17.2 Å². The molecule has 0 heterocycles. The number of nitriles is 1. The van der Waals surface area contributed by atoms with Gasteiger partial charge in [0.05, 0.1) is 12.0 Å². The molecule has 0 aromatic carbocycles. The summed E-state index contributed by atoms with van der Waals surface area (Å²) in [5.41, 5.74) is 0. The van der Waals surface area contributed by atoms with Crippen molar-refractivity contribution in [2.45, 2.75) is 32.2 Å². The highest BCUT2D eigenvalue weighted by Gasteiger charge is 2.25. The minimum Gasteiger partial charge on any atom is -0.313 e. The molecule has 56 valence electrons. The molecule has 0 aromatic heterocycles. The summed E-state index contributed by atoms with van der Waals surface area (Å²) in [7, 11) is 0. The van der Waals surface area contributed by atoms with E-state index in [2.05, 4.69) is 18.3 Å². The lowest BCUT2D eigenvalue weighted by molar-refractivity contribution is 0.478. The van der Waals surface area contributed by atoms with Crippen molar-refractivity contribution in [1.82, 2.24) is 5.32 Å². The highest BCUT2D eigenvalue weighted by molar-refractivity contribution is 4.96. The van der Waals surface area contributed by atoms with E-state index < -0.39 is 0 Å². The first-order valence-corrected chi connectivity index (χ1v) is 4.01. The zero-order valence-corrected chi connectivity index (χ0v) is 6.43. The van der Waals surface area contributed by atoms with E-state index in [0.717, 1.165) is 13.0 Å². The van der Waals surface area contributed by atoms with E-state index in [9.17, 15) is 0 Å². The van der Waals surface area contributed by atoms with Crippen molar-refractivity contribution in [3.8, 4) is 6.07 Å². The van der Waals surface area contributed by atoms with Crippen LogP contribution >= 0.6 is 0 Å². The van der Waals surface area contributed by atoms with E-state index in [0.29, 0.717) is 6.04 Å². The summed E-state index contributed by atoms with van der Waals surface area (Å²) in [5.74, 6) is 0.278. The van der Waals surface area contributed by atoms with Crippen LogP contribution in [0.3, 0.4) is 0 Å². The number of hydrogen-bond donors (Lipinski definition) is 1. The Morgan fingerprint density at radius 1 is 1.60 bits per heavy atom. The zero-order chi connectivity index (χ0) is 7.40. The molecule has 0 aliphatic heterocycles. The molecule has 0 aromatic rings. The van der Waals surface area contributed by atoms with Gasteiger partial charge in [0.1, 0.15) is 0 Å². The molecule has 0 radical (unpaired) electrons. The molecule has 1 fully saturated rings. The molecule has 2 atom stereocenters. The SMILES string of the molecule is CCN[C@@H]1CCC[C@@H]1C#N. The first-order chi connectivity index (χ1) is 4.88. The lowest BCUT2D eigenvalue weighted by atomic mass is 10.1. The summed E-state index contributed by atoms with van der Waals surface area (Å²) in [6.07, 6.45) is 3.50. The molecule has 0 saturated heterocycles. The van der Waals surface area contributed by atoms with Crippen molar-refractivity contribution < 1.29 is 0 Å². The maximum atomic E-state index is 8.67. The molecule has 1 saturated carbocycles. The predicted molar refractivity (Wildman–Crippen MR) is 40.4 cm³/mol.